The molecule has 5 nitrogen and oxygen atoms in total. The zero-order valence-corrected chi connectivity index (χ0v) is 19.5. The summed E-state index contributed by atoms with van der Waals surface area (Å²) in [5, 5.41) is 11.9. The van der Waals surface area contributed by atoms with Gasteiger partial charge in [-0.2, -0.15) is 5.26 Å². The second-order valence-electron chi connectivity index (χ2n) is 9.70. The molecule has 0 saturated carbocycles. The Bertz CT molecular complexity index is 897. The number of likely N-dealkylation sites (tertiary alicyclic amines) is 1. The van der Waals surface area contributed by atoms with Gasteiger partial charge in [-0.15, -0.1) is 0 Å². The average molecular weight is 434 g/mol. The highest BCUT2D eigenvalue weighted by Crippen LogP contribution is 2.24. The van der Waals surface area contributed by atoms with Crippen molar-refractivity contribution in [2.24, 2.45) is 5.92 Å². The third-order valence-corrected chi connectivity index (χ3v) is 5.82. The van der Waals surface area contributed by atoms with Crippen molar-refractivity contribution in [2.75, 3.05) is 13.1 Å². The molecule has 0 aliphatic carbocycles. The van der Waals surface area contributed by atoms with Gasteiger partial charge in [-0.25, -0.2) is 4.79 Å². The summed E-state index contributed by atoms with van der Waals surface area (Å²) in [4.78, 5) is 14.9. The number of amides is 1. The third-order valence-electron chi connectivity index (χ3n) is 5.82. The highest BCUT2D eigenvalue weighted by molar-refractivity contribution is 5.68. The summed E-state index contributed by atoms with van der Waals surface area (Å²) in [6, 6.07) is 21.4. The van der Waals surface area contributed by atoms with Gasteiger partial charge >= 0.3 is 6.09 Å². The van der Waals surface area contributed by atoms with Gasteiger partial charge in [-0.3, -0.25) is 4.90 Å². The molecule has 1 heterocycles. The zero-order valence-electron chi connectivity index (χ0n) is 19.5. The average Bonchev–Trinajstić information content (AvgIpc) is 2.74. The van der Waals surface area contributed by atoms with E-state index in [0.717, 1.165) is 38.9 Å². The Labute approximate surface area is 192 Å². The smallest absolute Gasteiger partial charge is 0.407 e. The Hall–Kier alpha value is -2.84. The highest BCUT2D eigenvalue weighted by atomic mass is 16.6. The van der Waals surface area contributed by atoms with Crippen molar-refractivity contribution in [3.05, 3.63) is 71.3 Å². The molecule has 32 heavy (non-hydrogen) atoms. The van der Waals surface area contributed by atoms with E-state index in [0.29, 0.717) is 12.3 Å². The standard InChI is InChI=1S/C27H35N3O2/c1-27(2,3)32-26(31)29-25-15-17-30(19-23-8-5-4-6-9-23)20-24(25)18-22-13-11-21(12-14-22)10-7-16-28/h4-6,8-9,11-14,24-25H,7,10,15,17-20H2,1-3H3,(H,29,31)/t24-,25-/m0/s1. The Morgan fingerprint density at radius 1 is 1.09 bits per heavy atom. The summed E-state index contributed by atoms with van der Waals surface area (Å²) < 4.78 is 5.52. The fourth-order valence-corrected chi connectivity index (χ4v) is 4.29. The predicted molar refractivity (Wildman–Crippen MR) is 127 cm³/mol. The van der Waals surface area contributed by atoms with Gasteiger partial charge in [-0.1, -0.05) is 54.6 Å². The summed E-state index contributed by atoms with van der Waals surface area (Å²) in [5.41, 5.74) is 3.25. The maximum atomic E-state index is 12.5. The second-order valence-corrected chi connectivity index (χ2v) is 9.70. The molecule has 170 valence electrons. The van der Waals surface area contributed by atoms with Gasteiger partial charge in [0.1, 0.15) is 5.60 Å². The molecule has 1 aliphatic rings. The Balaban J connectivity index is 1.68. The normalized spacial score (nSPS) is 19.2. The number of alkyl carbamates (subject to hydrolysis) is 1. The molecule has 1 saturated heterocycles. The van der Waals surface area contributed by atoms with E-state index >= 15 is 0 Å². The molecule has 2 atom stereocenters. The number of carbonyl (C=O) groups is 1. The van der Waals surface area contributed by atoms with Crippen LogP contribution in [-0.2, 0) is 24.1 Å². The van der Waals surface area contributed by atoms with Crippen LogP contribution in [0.2, 0.25) is 0 Å². The topological polar surface area (TPSA) is 65.4 Å². The van der Waals surface area contributed by atoms with Crippen molar-refractivity contribution in [1.29, 1.82) is 5.26 Å². The molecule has 3 rings (SSSR count). The number of benzene rings is 2. The second kappa shape index (κ2) is 11.2. The fraction of sp³-hybridized carbons (Fsp3) is 0.481. The van der Waals surface area contributed by atoms with Crippen LogP contribution >= 0.6 is 0 Å². The minimum absolute atomic E-state index is 0.0788. The highest BCUT2D eigenvalue weighted by Gasteiger charge is 2.31. The summed E-state index contributed by atoms with van der Waals surface area (Å²) in [6.45, 7) is 8.45. The predicted octanol–water partition coefficient (Wildman–Crippen LogP) is 5.10. The molecule has 1 N–H and O–H groups in total. The van der Waals surface area contributed by atoms with E-state index < -0.39 is 5.60 Å². The van der Waals surface area contributed by atoms with Crippen LogP contribution in [0.25, 0.3) is 0 Å². The van der Waals surface area contributed by atoms with Crippen molar-refractivity contribution in [2.45, 2.75) is 64.6 Å². The molecule has 0 spiro atoms. The van der Waals surface area contributed by atoms with E-state index in [4.69, 9.17) is 10.00 Å². The van der Waals surface area contributed by atoms with Crippen LogP contribution in [0.5, 0.6) is 0 Å². The van der Waals surface area contributed by atoms with E-state index in [1.165, 1.54) is 16.7 Å². The first-order valence-electron chi connectivity index (χ1n) is 11.5. The van der Waals surface area contributed by atoms with E-state index in [-0.39, 0.29) is 12.1 Å². The molecule has 0 aromatic heterocycles. The molecule has 2 aromatic carbocycles. The van der Waals surface area contributed by atoms with Gasteiger partial charge in [0.15, 0.2) is 0 Å². The van der Waals surface area contributed by atoms with E-state index in [1.54, 1.807) is 0 Å². The van der Waals surface area contributed by atoms with E-state index in [2.05, 4.69) is 64.8 Å². The van der Waals surface area contributed by atoms with Crippen LogP contribution in [0.15, 0.2) is 54.6 Å². The van der Waals surface area contributed by atoms with Gasteiger partial charge in [-0.05, 0) is 62.6 Å². The lowest BCUT2D eigenvalue weighted by molar-refractivity contribution is 0.0430. The zero-order chi connectivity index (χ0) is 23.0. The molecular formula is C27H35N3O2. The first kappa shape index (κ1) is 23.8. The van der Waals surface area contributed by atoms with Crippen LogP contribution in [0, 0.1) is 17.2 Å². The number of hydrogen-bond acceptors (Lipinski definition) is 4. The number of ether oxygens (including phenoxy) is 1. The van der Waals surface area contributed by atoms with Crippen LogP contribution in [0.3, 0.4) is 0 Å². The van der Waals surface area contributed by atoms with E-state index in [1.807, 2.05) is 26.8 Å². The Morgan fingerprint density at radius 3 is 2.44 bits per heavy atom. The molecule has 5 heteroatoms. The van der Waals surface area contributed by atoms with Gasteiger partial charge in [0, 0.05) is 32.1 Å². The largest absolute Gasteiger partial charge is 0.444 e. The number of nitrogens with zero attached hydrogens (tertiary/aromatic N) is 2. The summed E-state index contributed by atoms with van der Waals surface area (Å²) in [5.74, 6) is 0.296. The Morgan fingerprint density at radius 2 is 1.78 bits per heavy atom. The van der Waals surface area contributed by atoms with E-state index in [9.17, 15) is 4.79 Å². The Kier molecular flexibility index (Phi) is 8.30. The van der Waals surface area contributed by atoms with Gasteiger partial charge in [0.2, 0.25) is 0 Å². The first-order valence-corrected chi connectivity index (χ1v) is 11.5. The van der Waals surface area contributed by atoms with Crippen LogP contribution in [0.1, 0.15) is 50.3 Å². The molecular weight excluding hydrogens is 398 g/mol. The van der Waals surface area contributed by atoms with Crippen molar-refractivity contribution in [3.63, 3.8) is 0 Å². The maximum absolute atomic E-state index is 12.5. The molecule has 1 amide bonds. The van der Waals surface area contributed by atoms with Gasteiger partial charge in [0.25, 0.3) is 0 Å². The molecule has 0 unspecified atom stereocenters. The van der Waals surface area contributed by atoms with Gasteiger partial charge in [0.05, 0.1) is 6.07 Å². The minimum atomic E-state index is -0.507. The molecule has 0 bridgehead atoms. The van der Waals surface area contributed by atoms with Crippen molar-refractivity contribution < 1.29 is 9.53 Å². The summed E-state index contributed by atoms with van der Waals surface area (Å²) >= 11 is 0. The number of carbonyl (C=O) groups excluding carboxylic acids is 1. The van der Waals surface area contributed by atoms with Crippen molar-refractivity contribution >= 4 is 6.09 Å². The third kappa shape index (κ3) is 7.69. The van der Waals surface area contributed by atoms with Crippen molar-refractivity contribution in [3.8, 4) is 6.07 Å². The summed E-state index contributed by atoms with van der Waals surface area (Å²) in [7, 11) is 0. The number of nitriles is 1. The molecule has 1 fully saturated rings. The van der Waals surface area contributed by atoms with Gasteiger partial charge < -0.3 is 10.1 Å². The molecule has 0 radical (unpaired) electrons. The SMILES string of the molecule is CC(C)(C)OC(=O)N[C@H]1CCN(Cc2ccccc2)C[C@@H]1Cc1ccc(CCC#N)cc1. The quantitative estimate of drug-likeness (QED) is 0.660. The number of aryl methyl sites for hydroxylation is 1. The lowest BCUT2D eigenvalue weighted by Gasteiger charge is -2.39. The molecule has 2 aromatic rings. The lowest BCUT2D eigenvalue weighted by atomic mass is 9.86. The monoisotopic (exact) mass is 433 g/mol. The fourth-order valence-electron chi connectivity index (χ4n) is 4.29. The van der Waals surface area contributed by atoms with Crippen LogP contribution < -0.4 is 5.32 Å². The first-order chi connectivity index (χ1) is 15.3. The maximum Gasteiger partial charge on any atom is 0.407 e. The van der Waals surface area contributed by atoms with Crippen molar-refractivity contribution in [1.82, 2.24) is 10.2 Å². The number of piperidine rings is 1. The number of nitrogens with one attached hydrogen (secondary N) is 1. The molecule has 1 aliphatic heterocycles. The van der Waals surface area contributed by atoms with Crippen LogP contribution in [0.4, 0.5) is 4.79 Å². The van der Waals surface area contributed by atoms with Crippen LogP contribution in [-0.4, -0.2) is 35.7 Å². The minimum Gasteiger partial charge on any atom is -0.444 e. The number of rotatable bonds is 7. The number of hydrogen-bond donors (Lipinski definition) is 1. The lowest BCUT2D eigenvalue weighted by Crippen LogP contribution is -2.52. The summed E-state index contributed by atoms with van der Waals surface area (Å²) in [6.07, 6.45) is 2.78.